The van der Waals surface area contributed by atoms with Crippen LogP contribution in [0.4, 0.5) is 0 Å². The first-order chi connectivity index (χ1) is 16.7. The summed E-state index contributed by atoms with van der Waals surface area (Å²) in [7, 11) is 0. The van der Waals surface area contributed by atoms with Crippen molar-refractivity contribution in [2.45, 2.75) is 38.1 Å². The zero-order valence-corrected chi connectivity index (χ0v) is 21.7. The number of carbonyl (C=O) groups is 3. The topological polar surface area (TPSA) is 69.7 Å². The van der Waals surface area contributed by atoms with E-state index in [9.17, 15) is 14.4 Å². The van der Waals surface area contributed by atoms with E-state index in [1.165, 1.54) is 0 Å². The second kappa shape index (κ2) is 11.2. The van der Waals surface area contributed by atoms with Crippen LogP contribution in [0.3, 0.4) is 0 Å². The van der Waals surface area contributed by atoms with Gasteiger partial charge in [-0.3, -0.25) is 14.4 Å². The Bertz CT molecular complexity index is 1100. The molecule has 186 valence electrons. The van der Waals surface area contributed by atoms with Crippen LogP contribution in [-0.4, -0.2) is 59.7 Å². The average molecular weight is 537 g/mol. The van der Waals surface area contributed by atoms with E-state index in [0.29, 0.717) is 66.1 Å². The summed E-state index contributed by atoms with van der Waals surface area (Å²) in [6.45, 7) is 3.79. The molecule has 1 N–H and O–H groups in total. The van der Waals surface area contributed by atoms with Gasteiger partial charge in [0, 0.05) is 61.6 Å². The Morgan fingerprint density at radius 2 is 1.51 bits per heavy atom. The lowest BCUT2D eigenvalue weighted by Gasteiger charge is -2.41. The first kappa shape index (κ1) is 25.8. The summed E-state index contributed by atoms with van der Waals surface area (Å²) < 4.78 is 0. The van der Waals surface area contributed by atoms with Crippen molar-refractivity contribution in [3.05, 3.63) is 68.7 Å². The van der Waals surface area contributed by atoms with Crippen LogP contribution in [0.2, 0.25) is 15.1 Å². The van der Waals surface area contributed by atoms with E-state index in [0.717, 1.165) is 5.56 Å². The highest BCUT2D eigenvalue weighted by Gasteiger charge is 2.37. The van der Waals surface area contributed by atoms with Gasteiger partial charge in [-0.15, -0.1) is 0 Å². The minimum absolute atomic E-state index is 0.0489. The van der Waals surface area contributed by atoms with Gasteiger partial charge >= 0.3 is 0 Å². The predicted octanol–water partition coefficient (Wildman–Crippen LogP) is 5.02. The fourth-order valence-electron chi connectivity index (χ4n) is 4.96. The van der Waals surface area contributed by atoms with Crippen molar-refractivity contribution in [2.75, 3.05) is 26.2 Å². The molecular formula is C26H28Cl3N3O3. The highest BCUT2D eigenvalue weighted by molar-refractivity contribution is 6.42. The number of amides is 3. The molecule has 2 heterocycles. The summed E-state index contributed by atoms with van der Waals surface area (Å²) in [5.74, 6) is -0.266. The van der Waals surface area contributed by atoms with E-state index < -0.39 is 0 Å². The molecule has 2 atom stereocenters. The van der Waals surface area contributed by atoms with Crippen LogP contribution in [0, 0.1) is 5.92 Å². The molecule has 9 heteroatoms. The molecule has 2 aliphatic rings. The summed E-state index contributed by atoms with van der Waals surface area (Å²) in [5.41, 5.74) is 1.45. The van der Waals surface area contributed by atoms with E-state index in [4.69, 9.17) is 34.8 Å². The minimum atomic E-state index is -0.187. The van der Waals surface area contributed by atoms with Crippen molar-refractivity contribution in [2.24, 2.45) is 5.92 Å². The molecule has 35 heavy (non-hydrogen) atoms. The third-order valence-electron chi connectivity index (χ3n) is 7.01. The van der Waals surface area contributed by atoms with Gasteiger partial charge in [0.25, 0.3) is 5.91 Å². The Labute approximate surface area is 220 Å². The predicted molar refractivity (Wildman–Crippen MR) is 138 cm³/mol. The van der Waals surface area contributed by atoms with Gasteiger partial charge in [-0.05, 0) is 61.2 Å². The highest BCUT2D eigenvalue weighted by atomic mass is 35.5. The van der Waals surface area contributed by atoms with Crippen molar-refractivity contribution in [1.82, 2.24) is 15.1 Å². The van der Waals surface area contributed by atoms with Crippen LogP contribution in [0.5, 0.6) is 0 Å². The Hall–Kier alpha value is -2.28. The lowest BCUT2D eigenvalue weighted by molar-refractivity contribution is -0.141. The summed E-state index contributed by atoms with van der Waals surface area (Å²) >= 11 is 18.4. The second-order valence-electron chi connectivity index (χ2n) is 9.22. The van der Waals surface area contributed by atoms with Gasteiger partial charge in [0.15, 0.2) is 0 Å². The maximum Gasteiger partial charge on any atom is 0.251 e. The molecule has 0 aromatic heterocycles. The normalized spacial score (nSPS) is 21.0. The quantitative estimate of drug-likeness (QED) is 0.597. The number of piperidine rings is 2. The number of hydrogen-bond acceptors (Lipinski definition) is 3. The fourth-order valence-corrected chi connectivity index (χ4v) is 5.39. The molecule has 4 rings (SSSR count). The molecule has 2 fully saturated rings. The van der Waals surface area contributed by atoms with E-state index in [1.807, 2.05) is 17.0 Å². The van der Waals surface area contributed by atoms with Gasteiger partial charge in [0.05, 0.1) is 10.0 Å². The lowest BCUT2D eigenvalue weighted by Crippen LogP contribution is -2.53. The molecule has 2 aromatic rings. The highest BCUT2D eigenvalue weighted by Crippen LogP contribution is 2.33. The molecule has 2 aliphatic heterocycles. The molecular weight excluding hydrogens is 509 g/mol. The first-order valence-electron chi connectivity index (χ1n) is 11.8. The number of nitrogens with one attached hydrogen (secondary N) is 1. The van der Waals surface area contributed by atoms with Gasteiger partial charge in [-0.2, -0.15) is 0 Å². The van der Waals surface area contributed by atoms with E-state index in [1.54, 1.807) is 42.2 Å². The van der Waals surface area contributed by atoms with Crippen molar-refractivity contribution < 1.29 is 14.4 Å². The second-order valence-corrected chi connectivity index (χ2v) is 10.5. The van der Waals surface area contributed by atoms with Crippen LogP contribution >= 0.6 is 34.8 Å². The third kappa shape index (κ3) is 6.11. The smallest absolute Gasteiger partial charge is 0.251 e. The van der Waals surface area contributed by atoms with Gasteiger partial charge in [-0.25, -0.2) is 0 Å². The Morgan fingerprint density at radius 1 is 0.857 bits per heavy atom. The number of rotatable bonds is 4. The number of nitrogens with zero attached hydrogens (tertiary/aromatic N) is 2. The van der Waals surface area contributed by atoms with Gasteiger partial charge in [0.1, 0.15) is 0 Å². The number of benzene rings is 2. The van der Waals surface area contributed by atoms with Crippen molar-refractivity contribution >= 4 is 52.5 Å². The lowest BCUT2D eigenvalue weighted by atomic mass is 9.84. The van der Waals surface area contributed by atoms with Crippen LogP contribution in [0.25, 0.3) is 0 Å². The maximum absolute atomic E-state index is 13.4. The molecule has 6 nitrogen and oxygen atoms in total. The monoisotopic (exact) mass is 535 g/mol. The molecule has 0 spiro atoms. The Balaban J connectivity index is 1.51. The van der Waals surface area contributed by atoms with Crippen LogP contribution < -0.4 is 5.32 Å². The number of likely N-dealkylation sites (tertiary alicyclic amines) is 2. The van der Waals surface area contributed by atoms with Gasteiger partial charge in [-0.1, -0.05) is 40.9 Å². The van der Waals surface area contributed by atoms with E-state index in [2.05, 4.69) is 5.32 Å². The van der Waals surface area contributed by atoms with Crippen LogP contribution in [0.1, 0.15) is 48.0 Å². The molecule has 0 aliphatic carbocycles. The number of halogens is 3. The van der Waals surface area contributed by atoms with Gasteiger partial charge < -0.3 is 15.1 Å². The zero-order valence-electron chi connectivity index (χ0n) is 19.5. The molecule has 2 aromatic carbocycles. The molecule has 2 saturated heterocycles. The maximum atomic E-state index is 13.4. The summed E-state index contributed by atoms with van der Waals surface area (Å²) in [5, 5.41) is 4.61. The third-order valence-corrected chi connectivity index (χ3v) is 8.00. The van der Waals surface area contributed by atoms with Gasteiger partial charge in [0.2, 0.25) is 11.8 Å². The molecule has 0 saturated carbocycles. The van der Waals surface area contributed by atoms with Crippen LogP contribution in [-0.2, 0) is 9.59 Å². The summed E-state index contributed by atoms with van der Waals surface area (Å²) in [6.07, 6.45) is 1.95. The van der Waals surface area contributed by atoms with Crippen LogP contribution in [0.15, 0.2) is 42.5 Å². The van der Waals surface area contributed by atoms with E-state index >= 15 is 0 Å². The summed E-state index contributed by atoms with van der Waals surface area (Å²) in [4.78, 5) is 41.7. The Kier molecular flexibility index (Phi) is 8.25. The van der Waals surface area contributed by atoms with Crippen molar-refractivity contribution in [3.63, 3.8) is 0 Å². The zero-order chi connectivity index (χ0) is 25.1. The Morgan fingerprint density at radius 3 is 2.14 bits per heavy atom. The molecule has 0 radical (unpaired) electrons. The number of carbonyl (C=O) groups excluding carboxylic acids is 3. The average Bonchev–Trinajstić information content (AvgIpc) is 2.86. The standard InChI is InChI=1S/C26H28Cl3N3O3/c1-16(33)31-11-8-18(9-12-31)26(35)32-13-10-24(30-25(34)17-2-5-20(27)6-3-17)21(15-32)19-4-7-22(28)23(29)14-19/h2-7,14,18,21,24H,8-13,15H2,1H3,(H,30,34)/t21-,24-/m0/s1. The largest absolute Gasteiger partial charge is 0.349 e. The molecule has 0 unspecified atom stereocenters. The minimum Gasteiger partial charge on any atom is -0.349 e. The first-order valence-corrected chi connectivity index (χ1v) is 12.9. The fraction of sp³-hybridized carbons (Fsp3) is 0.423. The van der Waals surface area contributed by atoms with Crippen molar-refractivity contribution in [1.29, 1.82) is 0 Å². The number of hydrogen-bond donors (Lipinski definition) is 1. The molecule has 0 bridgehead atoms. The SMILES string of the molecule is CC(=O)N1CCC(C(=O)N2CC[C@H](NC(=O)c3ccc(Cl)cc3)[C@H](c3ccc(Cl)c(Cl)c3)C2)CC1. The molecule has 3 amide bonds. The summed E-state index contributed by atoms with van der Waals surface area (Å²) in [6, 6.07) is 12.0. The van der Waals surface area contributed by atoms with E-state index in [-0.39, 0.29) is 35.6 Å². The van der Waals surface area contributed by atoms with Crippen molar-refractivity contribution in [3.8, 4) is 0 Å².